The first-order valence-electron chi connectivity index (χ1n) is 10.7. The van der Waals surface area contributed by atoms with Crippen LogP contribution in [0.25, 0.3) is 22.4 Å². The monoisotopic (exact) mass is 411 g/mol. The van der Waals surface area contributed by atoms with E-state index < -0.39 is 0 Å². The van der Waals surface area contributed by atoms with Crippen molar-refractivity contribution in [3.05, 3.63) is 78.6 Å². The van der Waals surface area contributed by atoms with Gasteiger partial charge in [-0.3, -0.25) is 14.7 Å². The van der Waals surface area contributed by atoms with Crippen LogP contribution >= 0.6 is 0 Å². The van der Waals surface area contributed by atoms with E-state index in [1.165, 1.54) is 0 Å². The van der Waals surface area contributed by atoms with Gasteiger partial charge in [-0.15, -0.1) is 0 Å². The molecule has 0 unspecified atom stereocenters. The van der Waals surface area contributed by atoms with Gasteiger partial charge in [0.15, 0.2) is 0 Å². The summed E-state index contributed by atoms with van der Waals surface area (Å²) in [6.07, 6.45) is 3.57. The number of hydrogen-bond acceptors (Lipinski definition) is 4. The highest BCUT2D eigenvalue weighted by Crippen LogP contribution is 2.24. The summed E-state index contributed by atoms with van der Waals surface area (Å²) in [4.78, 5) is 27.5. The average Bonchev–Trinajstić information content (AvgIpc) is 3.25. The van der Waals surface area contributed by atoms with Crippen molar-refractivity contribution in [3.63, 3.8) is 0 Å². The predicted molar refractivity (Wildman–Crippen MR) is 122 cm³/mol. The van der Waals surface area contributed by atoms with Gasteiger partial charge < -0.3 is 10.3 Å². The normalized spacial score (nSPS) is 15.2. The van der Waals surface area contributed by atoms with Crippen molar-refractivity contribution in [2.45, 2.75) is 19.4 Å². The van der Waals surface area contributed by atoms with Gasteiger partial charge in [-0.25, -0.2) is 4.98 Å². The fraction of sp³-hybridized carbons (Fsp3) is 0.240. The second-order valence-corrected chi connectivity index (χ2v) is 8.04. The van der Waals surface area contributed by atoms with E-state index >= 15 is 0 Å². The van der Waals surface area contributed by atoms with Crippen LogP contribution < -0.4 is 5.32 Å². The van der Waals surface area contributed by atoms with Crippen LogP contribution in [0.5, 0.6) is 0 Å². The minimum absolute atomic E-state index is 0.0510. The Labute approximate surface area is 181 Å². The standard InChI is InChI=1S/C25H25N5O/c31-25(19-12-15-30(16-13-19)17-21-5-3-4-14-26-21)27-20-10-8-18(9-11-20)24-28-22-6-1-2-7-23(22)29-24/h1-11,14,19H,12-13,15-17H2,(H,27,31)(H,28,29). The van der Waals surface area contributed by atoms with Crippen LogP contribution in [0.15, 0.2) is 72.9 Å². The summed E-state index contributed by atoms with van der Waals surface area (Å²) in [5, 5.41) is 3.08. The first-order chi connectivity index (χ1) is 15.2. The number of anilines is 1. The Balaban J connectivity index is 1.16. The topological polar surface area (TPSA) is 73.9 Å². The number of nitrogens with one attached hydrogen (secondary N) is 2. The van der Waals surface area contributed by atoms with E-state index in [1.54, 1.807) is 0 Å². The summed E-state index contributed by atoms with van der Waals surface area (Å²) < 4.78 is 0. The van der Waals surface area contributed by atoms with Crippen LogP contribution in [0, 0.1) is 5.92 Å². The van der Waals surface area contributed by atoms with Crippen LogP contribution in [0.4, 0.5) is 5.69 Å². The summed E-state index contributed by atoms with van der Waals surface area (Å²) in [5.74, 6) is 0.989. The van der Waals surface area contributed by atoms with Gasteiger partial charge in [0.05, 0.1) is 16.7 Å². The lowest BCUT2D eigenvalue weighted by molar-refractivity contribution is -0.121. The first kappa shape index (κ1) is 19.5. The fourth-order valence-corrected chi connectivity index (χ4v) is 4.12. The van der Waals surface area contributed by atoms with Crippen LogP contribution in [-0.2, 0) is 11.3 Å². The molecule has 31 heavy (non-hydrogen) atoms. The number of likely N-dealkylation sites (tertiary alicyclic amines) is 1. The van der Waals surface area contributed by atoms with Crippen molar-refractivity contribution in [2.24, 2.45) is 5.92 Å². The molecule has 1 amide bonds. The van der Waals surface area contributed by atoms with Gasteiger partial charge in [-0.1, -0.05) is 18.2 Å². The molecule has 0 aliphatic carbocycles. The number of benzene rings is 2. The number of para-hydroxylation sites is 2. The maximum atomic E-state index is 12.7. The Morgan fingerprint density at radius 3 is 2.52 bits per heavy atom. The van der Waals surface area contributed by atoms with E-state index in [1.807, 2.05) is 72.9 Å². The molecule has 1 saturated heterocycles. The molecule has 5 rings (SSSR count). The van der Waals surface area contributed by atoms with E-state index in [-0.39, 0.29) is 11.8 Å². The van der Waals surface area contributed by atoms with E-state index in [0.717, 1.165) is 66.3 Å². The largest absolute Gasteiger partial charge is 0.338 e. The third kappa shape index (κ3) is 4.49. The number of hydrogen-bond donors (Lipinski definition) is 2. The molecule has 0 spiro atoms. The minimum atomic E-state index is 0.0510. The van der Waals surface area contributed by atoms with Crippen molar-refractivity contribution in [2.75, 3.05) is 18.4 Å². The van der Waals surface area contributed by atoms with Crippen molar-refractivity contribution in [1.82, 2.24) is 19.9 Å². The summed E-state index contributed by atoms with van der Waals surface area (Å²) in [6, 6.07) is 21.8. The number of amides is 1. The smallest absolute Gasteiger partial charge is 0.227 e. The molecule has 3 heterocycles. The predicted octanol–water partition coefficient (Wildman–Crippen LogP) is 4.48. The van der Waals surface area contributed by atoms with Gasteiger partial charge in [-0.05, 0) is 74.5 Å². The number of H-pyrrole nitrogens is 1. The van der Waals surface area contributed by atoms with Crippen molar-refractivity contribution in [1.29, 1.82) is 0 Å². The highest BCUT2D eigenvalue weighted by Gasteiger charge is 2.25. The fourth-order valence-electron chi connectivity index (χ4n) is 4.12. The summed E-state index contributed by atoms with van der Waals surface area (Å²) in [5.41, 5.74) is 4.86. The van der Waals surface area contributed by atoms with Crippen molar-refractivity contribution in [3.8, 4) is 11.4 Å². The molecule has 0 bridgehead atoms. The van der Waals surface area contributed by atoms with Crippen molar-refractivity contribution < 1.29 is 4.79 Å². The number of aromatic amines is 1. The number of rotatable bonds is 5. The van der Waals surface area contributed by atoms with Gasteiger partial charge in [-0.2, -0.15) is 0 Å². The molecule has 1 aliphatic rings. The van der Waals surface area contributed by atoms with Gasteiger partial charge >= 0.3 is 0 Å². The number of fused-ring (bicyclic) bond motifs is 1. The maximum absolute atomic E-state index is 12.7. The lowest BCUT2D eigenvalue weighted by Gasteiger charge is -2.31. The Morgan fingerprint density at radius 2 is 1.77 bits per heavy atom. The highest BCUT2D eigenvalue weighted by atomic mass is 16.1. The number of carbonyl (C=O) groups is 1. The van der Waals surface area contributed by atoms with Gasteiger partial charge in [0.25, 0.3) is 0 Å². The molecule has 156 valence electrons. The van der Waals surface area contributed by atoms with Gasteiger partial charge in [0.2, 0.25) is 5.91 Å². The second kappa shape index (κ2) is 8.70. The van der Waals surface area contributed by atoms with E-state index in [9.17, 15) is 4.79 Å². The number of nitrogens with zero attached hydrogens (tertiary/aromatic N) is 3. The lowest BCUT2D eigenvalue weighted by Crippen LogP contribution is -2.37. The van der Waals surface area contributed by atoms with Crippen LogP contribution in [-0.4, -0.2) is 38.8 Å². The molecule has 0 radical (unpaired) electrons. The highest BCUT2D eigenvalue weighted by molar-refractivity contribution is 5.93. The molecule has 2 N–H and O–H groups in total. The van der Waals surface area contributed by atoms with E-state index in [2.05, 4.69) is 25.2 Å². The molecule has 1 fully saturated rings. The Kier molecular flexibility index (Phi) is 5.46. The molecular weight excluding hydrogens is 386 g/mol. The molecule has 2 aromatic carbocycles. The number of carbonyl (C=O) groups excluding carboxylic acids is 1. The van der Waals surface area contributed by atoms with Crippen molar-refractivity contribution >= 4 is 22.6 Å². The zero-order valence-corrected chi connectivity index (χ0v) is 17.3. The molecule has 0 saturated carbocycles. The Bertz CT molecular complexity index is 1130. The third-order valence-electron chi connectivity index (χ3n) is 5.89. The number of piperidine rings is 1. The first-order valence-corrected chi connectivity index (χ1v) is 10.7. The van der Waals surface area contributed by atoms with Crippen LogP contribution in [0.3, 0.4) is 0 Å². The molecule has 4 aromatic rings. The summed E-state index contributed by atoms with van der Waals surface area (Å²) in [6.45, 7) is 2.68. The number of aromatic nitrogens is 3. The van der Waals surface area contributed by atoms with Crippen LogP contribution in [0.1, 0.15) is 18.5 Å². The molecular formula is C25H25N5O. The maximum Gasteiger partial charge on any atom is 0.227 e. The van der Waals surface area contributed by atoms with Gasteiger partial charge in [0.1, 0.15) is 5.82 Å². The Morgan fingerprint density at radius 1 is 1.00 bits per heavy atom. The van der Waals surface area contributed by atoms with E-state index in [0.29, 0.717) is 0 Å². The number of imidazole rings is 1. The molecule has 6 nitrogen and oxygen atoms in total. The quantitative estimate of drug-likeness (QED) is 0.508. The summed E-state index contributed by atoms with van der Waals surface area (Å²) in [7, 11) is 0. The molecule has 0 atom stereocenters. The molecule has 6 heteroatoms. The SMILES string of the molecule is O=C(Nc1ccc(-c2nc3ccccc3[nH]2)cc1)C1CCN(Cc2ccccn2)CC1. The number of pyridine rings is 1. The van der Waals surface area contributed by atoms with Crippen LogP contribution in [0.2, 0.25) is 0 Å². The van der Waals surface area contributed by atoms with E-state index in [4.69, 9.17) is 0 Å². The third-order valence-corrected chi connectivity index (χ3v) is 5.89. The average molecular weight is 412 g/mol. The van der Waals surface area contributed by atoms with Gasteiger partial charge in [0, 0.05) is 29.9 Å². The summed E-state index contributed by atoms with van der Waals surface area (Å²) >= 11 is 0. The lowest BCUT2D eigenvalue weighted by atomic mass is 9.95. The zero-order valence-electron chi connectivity index (χ0n) is 17.3. The molecule has 1 aliphatic heterocycles. The molecule has 2 aromatic heterocycles. The second-order valence-electron chi connectivity index (χ2n) is 8.04. The Hall–Kier alpha value is -3.51. The minimum Gasteiger partial charge on any atom is -0.338 e. The zero-order chi connectivity index (χ0) is 21.0.